The minimum absolute atomic E-state index is 0.117. The summed E-state index contributed by atoms with van der Waals surface area (Å²) in [5.74, 6) is 0.117. The zero-order chi connectivity index (χ0) is 22.2. The number of hydrogen-bond donors (Lipinski definition) is 0. The number of fused-ring (bicyclic) bond motifs is 2. The Labute approximate surface area is 192 Å². The minimum atomic E-state index is 0.117. The molecule has 1 fully saturated rings. The Bertz CT molecular complexity index is 1330. The van der Waals surface area contributed by atoms with Gasteiger partial charge in [-0.25, -0.2) is 0 Å². The topological polar surface area (TPSA) is 73.1 Å². The molecule has 1 saturated heterocycles. The molecule has 7 heteroatoms. The number of hydrogen-bond acceptors (Lipinski definition) is 6. The lowest BCUT2D eigenvalue weighted by atomic mass is 9.95. The van der Waals surface area contributed by atoms with Crippen LogP contribution in [0.3, 0.4) is 0 Å². The molecule has 166 valence electrons. The number of ether oxygens (including phenoxy) is 1. The average molecular weight is 440 g/mol. The van der Waals surface area contributed by atoms with E-state index in [1.807, 2.05) is 42.6 Å². The predicted octanol–water partition coefficient (Wildman–Crippen LogP) is 3.62. The minimum Gasteiger partial charge on any atom is -0.379 e. The number of Topliss-reactive ketones (excluding diaryl/α,β-unsaturated/α-hetero) is 1. The van der Waals surface area contributed by atoms with E-state index < -0.39 is 0 Å². The first-order valence-electron chi connectivity index (χ1n) is 11.5. The summed E-state index contributed by atoms with van der Waals surface area (Å²) in [5, 5.41) is 5.95. The van der Waals surface area contributed by atoms with Crippen molar-refractivity contribution in [3.63, 3.8) is 0 Å². The van der Waals surface area contributed by atoms with Crippen LogP contribution in [0.2, 0.25) is 0 Å². The first-order chi connectivity index (χ1) is 16.3. The molecule has 33 heavy (non-hydrogen) atoms. The van der Waals surface area contributed by atoms with Crippen molar-refractivity contribution in [2.75, 3.05) is 32.8 Å². The van der Waals surface area contributed by atoms with Gasteiger partial charge in [-0.3, -0.25) is 24.3 Å². The maximum Gasteiger partial charge on any atom is 0.176 e. The summed E-state index contributed by atoms with van der Waals surface area (Å²) in [6, 6.07) is 13.9. The number of ketones is 1. The van der Waals surface area contributed by atoms with E-state index in [1.54, 1.807) is 6.20 Å². The van der Waals surface area contributed by atoms with E-state index in [1.165, 1.54) is 5.69 Å². The number of aryl methyl sites for hydroxylation is 1. The summed E-state index contributed by atoms with van der Waals surface area (Å²) in [4.78, 5) is 24.3. The second-order valence-electron chi connectivity index (χ2n) is 8.61. The van der Waals surface area contributed by atoms with E-state index >= 15 is 0 Å². The summed E-state index contributed by atoms with van der Waals surface area (Å²) in [5.41, 5.74) is 6.77. The van der Waals surface area contributed by atoms with Gasteiger partial charge in [0.2, 0.25) is 0 Å². The molecule has 3 aromatic heterocycles. The first kappa shape index (κ1) is 20.2. The zero-order valence-electron chi connectivity index (χ0n) is 18.4. The standard InChI is InChI=1S/C26H25N5O2/c32-24(17-30-12-14-33-15-13-30)18-6-7-19-20(8-10-28-22(19)16-18)25-23-5-3-11-31(23)29-26(25)21-4-1-2-9-27-21/h1-2,4,6-10,16H,3,5,11-15,17H2. The second kappa shape index (κ2) is 8.50. The maximum atomic E-state index is 12.9. The molecule has 0 N–H and O–H groups in total. The van der Waals surface area contributed by atoms with E-state index in [2.05, 4.69) is 25.6 Å². The van der Waals surface area contributed by atoms with Gasteiger partial charge < -0.3 is 4.74 Å². The van der Waals surface area contributed by atoms with Crippen molar-refractivity contribution >= 4 is 16.7 Å². The van der Waals surface area contributed by atoms with Crippen molar-refractivity contribution in [3.8, 4) is 22.5 Å². The van der Waals surface area contributed by atoms with Gasteiger partial charge in [-0.05, 0) is 42.7 Å². The monoisotopic (exact) mass is 439 g/mol. The van der Waals surface area contributed by atoms with Crippen molar-refractivity contribution in [3.05, 3.63) is 66.1 Å². The van der Waals surface area contributed by atoms with Gasteiger partial charge in [0.25, 0.3) is 0 Å². The van der Waals surface area contributed by atoms with E-state index in [0.29, 0.717) is 25.3 Å². The van der Waals surface area contributed by atoms with Crippen LogP contribution in [0, 0.1) is 0 Å². The fraction of sp³-hybridized carbons (Fsp3) is 0.308. The Hall–Kier alpha value is -3.42. The van der Waals surface area contributed by atoms with Gasteiger partial charge in [0, 0.05) is 54.2 Å². The molecule has 2 aliphatic heterocycles. The summed E-state index contributed by atoms with van der Waals surface area (Å²) in [6.07, 6.45) is 5.73. The summed E-state index contributed by atoms with van der Waals surface area (Å²) in [7, 11) is 0. The van der Waals surface area contributed by atoms with Gasteiger partial charge in [0.1, 0.15) is 5.69 Å². The third-order valence-corrected chi connectivity index (χ3v) is 6.55. The Kier molecular flexibility index (Phi) is 5.20. The van der Waals surface area contributed by atoms with Crippen LogP contribution in [0.4, 0.5) is 0 Å². The molecule has 5 heterocycles. The predicted molar refractivity (Wildman–Crippen MR) is 126 cm³/mol. The number of pyridine rings is 2. The highest BCUT2D eigenvalue weighted by Gasteiger charge is 2.26. The van der Waals surface area contributed by atoms with Crippen molar-refractivity contribution < 1.29 is 9.53 Å². The number of carbonyl (C=O) groups is 1. The van der Waals surface area contributed by atoms with E-state index in [9.17, 15) is 4.79 Å². The summed E-state index contributed by atoms with van der Waals surface area (Å²) >= 11 is 0. The molecular formula is C26H25N5O2. The Balaban J connectivity index is 1.41. The molecule has 0 spiro atoms. The van der Waals surface area contributed by atoms with Crippen molar-refractivity contribution in [2.24, 2.45) is 0 Å². The second-order valence-corrected chi connectivity index (χ2v) is 8.61. The summed E-state index contributed by atoms with van der Waals surface area (Å²) in [6.45, 7) is 4.30. The van der Waals surface area contributed by atoms with Crippen molar-refractivity contribution in [2.45, 2.75) is 19.4 Å². The number of morpholine rings is 1. The van der Waals surface area contributed by atoms with Crippen LogP contribution in [-0.2, 0) is 17.7 Å². The van der Waals surface area contributed by atoms with E-state index in [4.69, 9.17) is 9.84 Å². The highest BCUT2D eigenvalue weighted by atomic mass is 16.5. The lowest BCUT2D eigenvalue weighted by Gasteiger charge is -2.25. The molecule has 0 bridgehead atoms. The molecule has 0 aliphatic carbocycles. The Morgan fingerprint density at radius 2 is 1.91 bits per heavy atom. The molecule has 0 saturated carbocycles. The van der Waals surface area contributed by atoms with Crippen LogP contribution in [0.25, 0.3) is 33.4 Å². The molecule has 7 nitrogen and oxygen atoms in total. The molecule has 6 rings (SSSR count). The maximum absolute atomic E-state index is 12.9. The lowest BCUT2D eigenvalue weighted by molar-refractivity contribution is 0.0371. The molecule has 2 aliphatic rings. The number of carbonyl (C=O) groups excluding carboxylic acids is 1. The average Bonchev–Trinajstić information content (AvgIpc) is 3.46. The quantitative estimate of drug-likeness (QED) is 0.442. The highest BCUT2D eigenvalue weighted by molar-refractivity contribution is 6.04. The first-order valence-corrected chi connectivity index (χ1v) is 11.5. The van der Waals surface area contributed by atoms with Crippen LogP contribution < -0.4 is 0 Å². The van der Waals surface area contributed by atoms with E-state index in [0.717, 1.165) is 65.9 Å². The van der Waals surface area contributed by atoms with Crippen molar-refractivity contribution in [1.82, 2.24) is 24.6 Å². The van der Waals surface area contributed by atoms with Crippen molar-refractivity contribution in [1.29, 1.82) is 0 Å². The Morgan fingerprint density at radius 1 is 1.00 bits per heavy atom. The van der Waals surface area contributed by atoms with Gasteiger partial charge in [-0.1, -0.05) is 18.2 Å². The van der Waals surface area contributed by atoms with Crippen LogP contribution in [0.15, 0.2) is 54.9 Å². The lowest BCUT2D eigenvalue weighted by Crippen LogP contribution is -2.39. The molecule has 4 aromatic rings. The number of rotatable bonds is 5. The van der Waals surface area contributed by atoms with Crippen LogP contribution in [0.1, 0.15) is 22.5 Å². The van der Waals surface area contributed by atoms with Crippen LogP contribution >= 0.6 is 0 Å². The molecule has 0 atom stereocenters. The third-order valence-electron chi connectivity index (χ3n) is 6.55. The van der Waals surface area contributed by atoms with Gasteiger partial charge in [0.15, 0.2) is 5.78 Å². The molecule has 1 aromatic carbocycles. The van der Waals surface area contributed by atoms with Gasteiger partial charge in [-0.2, -0.15) is 5.10 Å². The fourth-order valence-corrected chi connectivity index (χ4v) is 4.89. The normalized spacial score (nSPS) is 16.2. The molecule has 0 amide bonds. The number of benzene rings is 1. The molecular weight excluding hydrogens is 414 g/mol. The third kappa shape index (κ3) is 3.73. The smallest absolute Gasteiger partial charge is 0.176 e. The molecule has 0 unspecified atom stereocenters. The van der Waals surface area contributed by atoms with E-state index in [-0.39, 0.29) is 5.78 Å². The zero-order valence-corrected chi connectivity index (χ0v) is 18.4. The van der Waals surface area contributed by atoms with Crippen LogP contribution in [0.5, 0.6) is 0 Å². The molecule has 0 radical (unpaired) electrons. The number of aromatic nitrogens is 4. The SMILES string of the molecule is O=C(CN1CCOCC1)c1ccc2c(-c3c(-c4ccccn4)nn4c3CCC4)ccnc2c1. The van der Waals surface area contributed by atoms with Gasteiger partial charge >= 0.3 is 0 Å². The van der Waals surface area contributed by atoms with Crippen LogP contribution in [-0.4, -0.2) is 63.3 Å². The number of nitrogens with zero attached hydrogens (tertiary/aromatic N) is 5. The summed E-state index contributed by atoms with van der Waals surface area (Å²) < 4.78 is 7.51. The highest BCUT2D eigenvalue weighted by Crippen LogP contribution is 2.39. The van der Waals surface area contributed by atoms with Gasteiger partial charge in [-0.15, -0.1) is 0 Å². The van der Waals surface area contributed by atoms with Gasteiger partial charge in [0.05, 0.1) is 31.0 Å². The largest absolute Gasteiger partial charge is 0.379 e. The fourth-order valence-electron chi connectivity index (χ4n) is 4.89. The Morgan fingerprint density at radius 3 is 2.76 bits per heavy atom.